The van der Waals surface area contributed by atoms with Gasteiger partial charge >= 0.3 is 12.1 Å². The minimum Gasteiger partial charge on any atom is -0.480 e. The van der Waals surface area contributed by atoms with Gasteiger partial charge in [0.15, 0.2) is 6.04 Å². The molecule has 2 N–H and O–H groups in total. The normalized spacial score (nSPS) is 12.5. The molecule has 1 amide bonds. The van der Waals surface area contributed by atoms with Crippen molar-refractivity contribution in [3.8, 4) is 0 Å². The maximum atomic E-state index is 11.5. The molecule has 7 heteroatoms. The summed E-state index contributed by atoms with van der Waals surface area (Å²) in [7, 11) is 0. The third-order valence-electron chi connectivity index (χ3n) is 2.25. The van der Waals surface area contributed by atoms with Crippen LogP contribution in [-0.2, 0) is 20.9 Å². The molecular weight excluding hydrogens is 276 g/mol. The number of nitrogens with zero attached hydrogens (tertiary/aromatic N) is 1. The smallest absolute Gasteiger partial charge is 0.408 e. The van der Waals surface area contributed by atoms with Crippen LogP contribution >= 0.6 is 0 Å². The van der Waals surface area contributed by atoms with Crippen molar-refractivity contribution in [1.82, 2.24) is 10.3 Å². The summed E-state index contributed by atoms with van der Waals surface area (Å²) in [6.07, 6.45) is 0.822. The van der Waals surface area contributed by atoms with E-state index >= 15 is 0 Å². The van der Waals surface area contributed by atoms with Gasteiger partial charge in [0, 0.05) is 6.20 Å². The third kappa shape index (κ3) is 7.26. The van der Waals surface area contributed by atoms with Crippen LogP contribution in [0.5, 0.6) is 0 Å². The number of aromatic nitrogens is 1. The zero-order chi connectivity index (χ0) is 15.9. The second-order valence-electron chi connectivity index (χ2n) is 5.37. The molecule has 0 radical (unpaired) electrons. The number of amides is 1. The average molecular weight is 296 g/mol. The number of ether oxygens (including phenoxy) is 2. The van der Waals surface area contributed by atoms with E-state index in [0.29, 0.717) is 5.69 Å². The number of rotatable bonds is 6. The number of carbonyl (C=O) groups is 2. The number of carboxylic acid groups (broad SMARTS) is 1. The fourth-order valence-corrected chi connectivity index (χ4v) is 1.39. The van der Waals surface area contributed by atoms with E-state index in [0.717, 1.165) is 0 Å². The summed E-state index contributed by atoms with van der Waals surface area (Å²) in [6, 6.07) is 4.16. The quantitative estimate of drug-likeness (QED) is 0.827. The van der Waals surface area contributed by atoms with Gasteiger partial charge in [0.1, 0.15) is 5.60 Å². The van der Waals surface area contributed by atoms with Crippen LogP contribution in [0.4, 0.5) is 4.79 Å². The number of hydrogen-bond donors (Lipinski definition) is 2. The number of aliphatic carboxylic acids is 1. The van der Waals surface area contributed by atoms with Crippen molar-refractivity contribution in [1.29, 1.82) is 0 Å². The first-order chi connectivity index (χ1) is 9.78. The molecule has 1 aromatic rings. The molecule has 1 unspecified atom stereocenters. The van der Waals surface area contributed by atoms with Crippen LogP contribution in [0, 0.1) is 0 Å². The zero-order valence-corrected chi connectivity index (χ0v) is 12.3. The molecule has 0 aliphatic heterocycles. The summed E-state index contributed by atoms with van der Waals surface area (Å²) in [4.78, 5) is 26.7. The number of hydrogen-bond acceptors (Lipinski definition) is 5. The summed E-state index contributed by atoms with van der Waals surface area (Å²) in [6.45, 7) is 5.07. The molecule has 0 saturated carbocycles. The molecule has 1 rings (SSSR count). The Morgan fingerprint density at radius 2 is 2.10 bits per heavy atom. The Hall–Kier alpha value is -2.15. The standard InChI is InChI=1S/C14H20N2O5/c1-14(2,3)21-13(19)16-11(12(17)18)9-20-8-10-6-4-5-7-15-10/h4-7,11H,8-9H2,1-3H3,(H,16,19)(H,17,18). The van der Waals surface area contributed by atoms with Crippen LogP contribution < -0.4 is 5.32 Å². The van der Waals surface area contributed by atoms with Crippen molar-refractivity contribution in [3.05, 3.63) is 30.1 Å². The SMILES string of the molecule is CC(C)(C)OC(=O)NC(COCc1ccccn1)C(=O)O. The first kappa shape index (κ1) is 16.9. The van der Waals surface area contributed by atoms with Gasteiger partial charge in [-0.25, -0.2) is 9.59 Å². The number of alkyl carbamates (subject to hydrolysis) is 1. The lowest BCUT2D eigenvalue weighted by Gasteiger charge is -2.21. The fraction of sp³-hybridized carbons (Fsp3) is 0.500. The number of carbonyl (C=O) groups excluding carboxylic acids is 1. The van der Waals surface area contributed by atoms with Crippen molar-refractivity contribution in [2.24, 2.45) is 0 Å². The molecule has 21 heavy (non-hydrogen) atoms. The second kappa shape index (κ2) is 7.58. The highest BCUT2D eigenvalue weighted by Gasteiger charge is 2.24. The Labute approximate surface area is 123 Å². The highest BCUT2D eigenvalue weighted by atomic mass is 16.6. The van der Waals surface area contributed by atoms with E-state index in [1.54, 1.807) is 45.2 Å². The van der Waals surface area contributed by atoms with Crippen LogP contribution in [0.2, 0.25) is 0 Å². The molecule has 0 spiro atoms. The van der Waals surface area contributed by atoms with Crippen molar-refractivity contribution >= 4 is 12.1 Å². The van der Waals surface area contributed by atoms with Crippen LogP contribution in [0.25, 0.3) is 0 Å². The van der Waals surface area contributed by atoms with Crippen LogP contribution in [0.1, 0.15) is 26.5 Å². The average Bonchev–Trinajstić information content (AvgIpc) is 2.36. The van der Waals surface area contributed by atoms with Gasteiger partial charge in [0.25, 0.3) is 0 Å². The van der Waals surface area contributed by atoms with E-state index in [1.807, 2.05) is 0 Å². The first-order valence-corrected chi connectivity index (χ1v) is 6.48. The molecule has 7 nitrogen and oxygen atoms in total. The van der Waals surface area contributed by atoms with Crippen molar-refractivity contribution in [3.63, 3.8) is 0 Å². The summed E-state index contributed by atoms with van der Waals surface area (Å²) < 4.78 is 10.3. The van der Waals surface area contributed by atoms with Crippen LogP contribution in [0.3, 0.4) is 0 Å². The molecule has 1 heterocycles. The number of nitrogens with one attached hydrogen (secondary N) is 1. The minimum absolute atomic E-state index is 0.167. The Morgan fingerprint density at radius 3 is 2.62 bits per heavy atom. The molecule has 1 atom stereocenters. The molecule has 0 aromatic carbocycles. The summed E-state index contributed by atoms with van der Waals surface area (Å²) in [5, 5.41) is 11.3. The van der Waals surface area contributed by atoms with Gasteiger partial charge in [-0.3, -0.25) is 4.98 Å². The first-order valence-electron chi connectivity index (χ1n) is 6.48. The predicted molar refractivity (Wildman–Crippen MR) is 74.7 cm³/mol. The van der Waals surface area contributed by atoms with Gasteiger partial charge in [0.05, 0.1) is 18.9 Å². The zero-order valence-electron chi connectivity index (χ0n) is 12.3. The molecule has 1 aromatic heterocycles. The molecule has 116 valence electrons. The Bertz CT molecular complexity index is 470. The van der Waals surface area contributed by atoms with Gasteiger partial charge in [0.2, 0.25) is 0 Å². The Morgan fingerprint density at radius 1 is 1.38 bits per heavy atom. The van der Waals surface area contributed by atoms with Crippen molar-refractivity contribution < 1.29 is 24.2 Å². The van der Waals surface area contributed by atoms with Gasteiger partial charge in [-0.1, -0.05) is 6.07 Å². The van der Waals surface area contributed by atoms with E-state index in [9.17, 15) is 9.59 Å². The predicted octanol–water partition coefficient (Wildman–Crippen LogP) is 1.58. The molecule has 0 fully saturated rings. The molecule has 0 aliphatic carbocycles. The highest BCUT2D eigenvalue weighted by molar-refractivity contribution is 5.80. The number of pyridine rings is 1. The van der Waals surface area contributed by atoms with Crippen LogP contribution in [-0.4, -0.2) is 40.4 Å². The summed E-state index contributed by atoms with van der Waals surface area (Å²) >= 11 is 0. The van der Waals surface area contributed by atoms with E-state index in [2.05, 4.69) is 10.3 Å². The lowest BCUT2D eigenvalue weighted by Crippen LogP contribution is -2.46. The molecule has 0 bridgehead atoms. The van der Waals surface area contributed by atoms with E-state index in [1.165, 1.54) is 0 Å². The maximum absolute atomic E-state index is 11.5. The van der Waals surface area contributed by atoms with E-state index in [4.69, 9.17) is 14.6 Å². The van der Waals surface area contributed by atoms with Gasteiger partial charge in [-0.05, 0) is 32.9 Å². The molecule has 0 saturated heterocycles. The maximum Gasteiger partial charge on any atom is 0.408 e. The van der Waals surface area contributed by atoms with Gasteiger partial charge in [-0.2, -0.15) is 0 Å². The monoisotopic (exact) mass is 296 g/mol. The number of carboxylic acids is 1. The topological polar surface area (TPSA) is 97.8 Å². The largest absolute Gasteiger partial charge is 0.480 e. The van der Waals surface area contributed by atoms with Gasteiger partial charge in [-0.15, -0.1) is 0 Å². The van der Waals surface area contributed by atoms with Gasteiger partial charge < -0.3 is 19.9 Å². The fourth-order valence-electron chi connectivity index (χ4n) is 1.39. The lowest BCUT2D eigenvalue weighted by atomic mass is 10.2. The second-order valence-corrected chi connectivity index (χ2v) is 5.37. The Balaban J connectivity index is 2.43. The van der Waals surface area contributed by atoms with Crippen LogP contribution in [0.15, 0.2) is 24.4 Å². The van der Waals surface area contributed by atoms with E-state index in [-0.39, 0.29) is 13.2 Å². The summed E-state index contributed by atoms with van der Waals surface area (Å²) in [5.41, 5.74) is -0.0130. The Kier molecular flexibility index (Phi) is 6.10. The molecular formula is C14H20N2O5. The van der Waals surface area contributed by atoms with E-state index < -0.39 is 23.7 Å². The van der Waals surface area contributed by atoms with Crippen molar-refractivity contribution in [2.45, 2.75) is 39.0 Å². The highest BCUT2D eigenvalue weighted by Crippen LogP contribution is 2.07. The van der Waals surface area contributed by atoms with Crippen molar-refractivity contribution in [2.75, 3.05) is 6.61 Å². The molecule has 0 aliphatic rings. The lowest BCUT2D eigenvalue weighted by molar-refractivity contribution is -0.141. The third-order valence-corrected chi connectivity index (χ3v) is 2.25. The minimum atomic E-state index is -1.19. The summed E-state index contributed by atoms with van der Waals surface area (Å²) in [5.74, 6) is -1.19.